The maximum atomic E-state index is 8.86. The van der Waals surface area contributed by atoms with Crippen LogP contribution >= 0.6 is 0 Å². The normalized spacial score (nSPS) is 29.2. The maximum Gasteiger partial charge on any atom is 0.183 e. The Hall–Kier alpha value is -1.45. The molecule has 2 saturated heterocycles. The van der Waals surface area contributed by atoms with E-state index in [0.29, 0.717) is 30.6 Å². The summed E-state index contributed by atoms with van der Waals surface area (Å²) in [6.07, 6.45) is 5.13. The first-order valence-corrected chi connectivity index (χ1v) is 9.75. The molecule has 0 N–H and O–H groups in total. The van der Waals surface area contributed by atoms with Crippen molar-refractivity contribution in [3.63, 3.8) is 0 Å². The number of hydrogen-bond acceptors (Lipinski definition) is 5. The van der Waals surface area contributed by atoms with Gasteiger partial charge in [0.25, 0.3) is 0 Å². The summed E-state index contributed by atoms with van der Waals surface area (Å²) in [4.78, 5) is 0. The molecule has 0 saturated carbocycles. The van der Waals surface area contributed by atoms with Crippen molar-refractivity contribution >= 4 is 0 Å². The SMILES string of the molecule is CCCCC1COC(CCC2COC(c3ccc(C#N)cc3)OC2)OC1. The molecule has 2 fully saturated rings. The Balaban J connectivity index is 1.34. The Kier molecular flexibility index (Phi) is 7.45. The average molecular weight is 359 g/mol. The second-order valence-electron chi connectivity index (χ2n) is 7.28. The zero-order valence-corrected chi connectivity index (χ0v) is 15.6. The van der Waals surface area contributed by atoms with E-state index in [1.165, 1.54) is 19.3 Å². The molecule has 0 bridgehead atoms. The number of ether oxygens (including phenoxy) is 4. The lowest BCUT2D eigenvalue weighted by Crippen LogP contribution is -2.33. The highest BCUT2D eigenvalue weighted by Gasteiger charge is 2.26. The molecule has 5 heteroatoms. The van der Waals surface area contributed by atoms with Crippen molar-refractivity contribution in [3.05, 3.63) is 35.4 Å². The summed E-state index contributed by atoms with van der Waals surface area (Å²) < 4.78 is 23.5. The molecule has 0 aromatic heterocycles. The molecule has 2 aliphatic rings. The molecule has 2 heterocycles. The predicted molar refractivity (Wildman–Crippen MR) is 97.2 cm³/mol. The number of nitriles is 1. The Bertz CT molecular complexity index is 567. The Morgan fingerprint density at radius 1 is 0.885 bits per heavy atom. The molecule has 0 aliphatic carbocycles. The molecular formula is C21H29NO4. The van der Waals surface area contributed by atoms with Gasteiger partial charge >= 0.3 is 0 Å². The van der Waals surface area contributed by atoms with E-state index in [2.05, 4.69) is 13.0 Å². The van der Waals surface area contributed by atoms with Crippen LogP contribution in [-0.4, -0.2) is 32.7 Å². The van der Waals surface area contributed by atoms with Crippen molar-refractivity contribution in [1.82, 2.24) is 0 Å². The number of benzene rings is 1. The van der Waals surface area contributed by atoms with Crippen LogP contribution in [0.2, 0.25) is 0 Å². The second kappa shape index (κ2) is 10.0. The average Bonchev–Trinajstić information content (AvgIpc) is 2.72. The highest BCUT2D eigenvalue weighted by atomic mass is 16.7. The standard InChI is InChI=1S/C21H29NO4/c1-2-3-4-17-12-23-20(24-13-17)10-7-18-14-25-21(26-15-18)19-8-5-16(11-22)6-9-19/h5-6,8-9,17-18,20-21H,2-4,7,10,12-15H2,1H3. The topological polar surface area (TPSA) is 60.7 Å². The lowest BCUT2D eigenvalue weighted by Gasteiger charge is -2.32. The van der Waals surface area contributed by atoms with E-state index in [-0.39, 0.29) is 12.6 Å². The van der Waals surface area contributed by atoms with Crippen molar-refractivity contribution in [2.75, 3.05) is 26.4 Å². The van der Waals surface area contributed by atoms with Crippen LogP contribution in [0.3, 0.4) is 0 Å². The molecule has 0 unspecified atom stereocenters. The van der Waals surface area contributed by atoms with Gasteiger partial charge in [-0.25, -0.2) is 0 Å². The van der Waals surface area contributed by atoms with E-state index in [9.17, 15) is 0 Å². The molecule has 0 atom stereocenters. The highest BCUT2D eigenvalue weighted by Crippen LogP contribution is 2.28. The van der Waals surface area contributed by atoms with Crippen LogP contribution in [0.25, 0.3) is 0 Å². The van der Waals surface area contributed by atoms with Gasteiger partial charge in [0.15, 0.2) is 12.6 Å². The number of rotatable bonds is 7. The smallest absolute Gasteiger partial charge is 0.183 e. The third kappa shape index (κ3) is 5.52. The van der Waals surface area contributed by atoms with Gasteiger partial charge in [-0.05, 0) is 31.4 Å². The number of hydrogen-bond donors (Lipinski definition) is 0. The predicted octanol–water partition coefficient (Wildman–Crippen LogP) is 4.18. The molecule has 1 aromatic carbocycles. The van der Waals surface area contributed by atoms with E-state index in [4.69, 9.17) is 24.2 Å². The van der Waals surface area contributed by atoms with E-state index in [1.807, 2.05) is 12.1 Å². The van der Waals surface area contributed by atoms with Crippen molar-refractivity contribution in [2.24, 2.45) is 11.8 Å². The fraction of sp³-hybridized carbons (Fsp3) is 0.667. The van der Waals surface area contributed by atoms with E-state index >= 15 is 0 Å². The summed E-state index contributed by atoms with van der Waals surface area (Å²) in [5, 5.41) is 8.86. The van der Waals surface area contributed by atoms with Crippen molar-refractivity contribution in [1.29, 1.82) is 5.26 Å². The Morgan fingerprint density at radius 3 is 2.12 bits per heavy atom. The van der Waals surface area contributed by atoms with Gasteiger partial charge in [0, 0.05) is 17.4 Å². The minimum Gasteiger partial charge on any atom is -0.352 e. The summed E-state index contributed by atoms with van der Waals surface area (Å²) >= 11 is 0. The first-order chi connectivity index (χ1) is 12.8. The molecule has 26 heavy (non-hydrogen) atoms. The molecule has 0 radical (unpaired) electrons. The zero-order valence-electron chi connectivity index (χ0n) is 15.6. The van der Waals surface area contributed by atoms with Crippen LogP contribution < -0.4 is 0 Å². The van der Waals surface area contributed by atoms with Crippen LogP contribution in [0.15, 0.2) is 24.3 Å². The monoisotopic (exact) mass is 359 g/mol. The lowest BCUT2D eigenvalue weighted by molar-refractivity contribution is -0.220. The third-order valence-corrected chi connectivity index (χ3v) is 5.09. The fourth-order valence-electron chi connectivity index (χ4n) is 3.40. The van der Waals surface area contributed by atoms with Crippen LogP contribution in [0.4, 0.5) is 0 Å². The summed E-state index contributed by atoms with van der Waals surface area (Å²) in [5.41, 5.74) is 1.60. The molecule has 3 rings (SSSR count). The van der Waals surface area contributed by atoms with E-state index in [1.54, 1.807) is 12.1 Å². The molecule has 1 aromatic rings. The van der Waals surface area contributed by atoms with Crippen LogP contribution in [0, 0.1) is 23.2 Å². The first kappa shape index (κ1) is 19.3. The van der Waals surface area contributed by atoms with Gasteiger partial charge in [-0.3, -0.25) is 0 Å². The third-order valence-electron chi connectivity index (χ3n) is 5.09. The van der Waals surface area contributed by atoms with Crippen LogP contribution in [0.5, 0.6) is 0 Å². The Morgan fingerprint density at radius 2 is 1.50 bits per heavy atom. The van der Waals surface area contributed by atoms with Gasteiger partial charge in [-0.15, -0.1) is 0 Å². The minimum absolute atomic E-state index is 0.0795. The van der Waals surface area contributed by atoms with Crippen molar-refractivity contribution in [3.8, 4) is 6.07 Å². The molecule has 0 amide bonds. The second-order valence-corrected chi connectivity index (χ2v) is 7.28. The van der Waals surface area contributed by atoms with Gasteiger partial charge in [0.1, 0.15) is 0 Å². The van der Waals surface area contributed by atoms with Gasteiger partial charge in [-0.1, -0.05) is 31.9 Å². The van der Waals surface area contributed by atoms with Gasteiger partial charge in [0.2, 0.25) is 0 Å². The minimum atomic E-state index is -0.333. The first-order valence-electron chi connectivity index (χ1n) is 9.75. The van der Waals surface area contributed by atoms with Gasteiger partial charge in [0.05, 0.1) is 38.1 Å². The summed E-state index contributed by atoms with van der Waals surface area (Å²) in [6.45, 7) is 5.22. The van der Waals surface area contributed by atoms with E-state index < -0.39 is 0 Å². The Labute approximate surface area is 156 Å². The van der Waals surface area contributed by atoms with E-state index in [0.717, 1.165) is 31.6 Å². The zero-order chi connectivity index (χ0) is 18.2. The molecule has 2 aliphatic heterocycles. The van der Waals surface area contributed by atoms with Crippen LogP contribution in [0.1, 0.15) is 56.4 Å². The molecule has 142 valence electrons. The van der Waals surface area contributed by atoms with Gasteiger partial charge < -0.3 is 18.9 Å². The van der Waals surface area contributed by atoms with Crippen LogP contribution in [-0.2, 0) is 18.9 Å². The number of nitrogens with zero attached hydrogens (tertiary/aromatic N) is 1. The lowest BCUT2D eigenvalue weighted by atomic mass is 10.0. The quantitative estimate of drug-likeness (QED) is 0.731. The maximum absolute atomic E-state index is 8.86. The van der Waals surface area contributed by atoms with Crippen molar-refractivity contribution in [2.45, 2.75) is 51.6 Å². The molecule has 5 nitrogen and oxygen atoms in total. The highest BCUT2D eigenvalue weighted by molar-refractivity contribution is 5.32. The summed E-state index contributed by atoms with van der Waals surface area (Å²) in [5.74, 6) is 0.926. The molecular weight excluding hydrogens is 330 g/mol. The summed E-state index contributed by atoms with van der Waals surface area (Å²) in [6, 6.07) is 9.48. The van der Waals surface area contributed by atoms with Crippen molar-refractivity contribution < 1.29 is 18.9 Å². The number of unbranched alkanes of at least 4 members (excludes halogenated alkanes) is 1. The fourth-order valence-corrected chi connectivity index (χ4v) is 3.40. The van der Waals surface area contributed by atoms with Gasteiger partial charge in [-0.2, -0.15) is 5.26 Å². The summed E-state index contributed by atoms with van der Waals surface area (Å²) in [7, 11) is 0. The molecule has 0 spiro atoms. The largest absolute Gasteiger partial charge is 0.352 e.